The zero-order valence-electron chi connectivity index (χ0n) is 10.5. The first-order chi connectivity index (χ1) is 9.06. The summed E-state index contributed by atoms with van der Waals surface area (Å²) in [5.41, 5.74) is 5.74. The van der Waals surface area contributed by atoms with Gasteiger partial charge in [0, 0.05) is 44.0 Å². The van der Waals surface area contributed by atoms with Gasteiger partial charge in [0.05, 0.1) is 0 Å². The van der Waals surface area contributed by atoms with Crippen molar-refractivity contribution in [1.29, 1.82) is 0 Å². The average Bonchev–Trinajstić information content (AvgIpc) is 2.59. The number of hydrogen-bond donors (Lipinski definition) is 2. The minimum Gasteiger partial charge on any atom is -0.398 e. The van der Waals surface area contributed by atoms with E-state index in [0.717, 1.165) is 0 Å². The first-order valence-corrected chi connectivity index (χ1v) is 6.07. The summed E-state index contributed by atoms with van der Waals surface area (Å²) < 4.78 is 1.28. The number of nitrogens with one attached hydrogen (secondary N) is 1. The molecule has 1 aliphatic heterocycles. The summed E-state index contributed by atoms with van der Waals surface area (Å²) >= 11 is 0. The van der Waals surface area contributed by atoms with E-state index < -0.39 is 0 Å². The van der Waals surface area contributed by atoms with Gasteiger partial charge in [0.15, 0.2) is 0 Å². The van der Waals surface area contributed by atoms with E-state index in [0.29, 0.717) is 25.3 Å². The number of nitrogens with zero attached hydrogens (tertiary/aromatic N) is 2. The fraction of sp³-hybridized carbons (Fsp3) is 0.417. The van der Waals surface area contributed by atoms with Crippen LogP contribution in [0.1, 0.15) is 6.42 Å². The lowest BCUT2D eigenvalue weighted by atomic mass is 10.3. The van der Waals surface area contributed by atoms with E-state index >= 15 is 0 Å². The van der Waals surface area contributed by atoms with Crippen molar-refractivity contribution in [3.63, 3.8) is 0 Å². The molecule has 7 heteroatoms. The van der Waals surface area contributed by atoms with Crippen molar-refractivity contribution in [2.45, 2.75) is 13.0 Å². The maximum atomic E-state index is 12.1. The van der Waals surface area contributed by atoms with Crippen molar-refractivity contribution in [3.05, 3.63) is 28.7 Å². The predicted octanol–water partition coefficient (Wildman–Crippen LogP) is -1.22. The summed E-state index contributed by atoms with van der Waals surface area (Å²) in [6.07, 6.45) is 1.74. The largest absolute Gasteiger partial charge is 0.398 e. The summed E-state index contributed by atoms with van der Waals surface area (Å²) in [4.78, 5) is 36.4. The third-order valence-corrected chi connectivity index (χ3v) is 2.98. The molecule has 2 rings (SSSR count). The number of amides is 2. The molecule has 1 aliphatic rings. The summed E-state index contributed by atoms with van der Waals surface area (Å²) in [5.74, 6) is -0.249. The lowest BCUT2D eigenvalue weighted by molar-refractivity contribution is -0.131. The number of nitrogen functional groups attached to an aromatic ring is 1. The fourth-order valence-electron chi connectivity index (χ4n) is 1.94. The van der Waals surface area contributed by atoms with Crippen LogP contribution in [0.25, 0.3) is 0 Å². The first kappa shape index (κ1) is 13.1. The molecular formula is C12H16N4O3. The fourth-order valence-corrected chi connectivity index (χ4v) is 1.94. The number of carbonyl (C=O) groups is 2. The predicted molar refractivity (Wildman–Crippen MR) is 69.3 cm³/mol. The topological polar surface area (TPSA) is 97.4 Å². The van der Waals surface area contributed by atoms with Gasteiger partial charge in [-0.3, -0.25) is 14.4 Å². The Balaban J connectivity index is 2.06. The van der Waals surface area contributed by atoms with E-state index in [-0.39, 0.29) is 30.3 Å². The van der Waals surface area contributed by atoms with Crippen molar-refractivity contribution < 1.29 is 9.59 Å². The molecule has 2 heterocycles. The number of anilines is 1. The van der Waals surface area contributed by atoms with Crippen LogP contribution in [0, 0.1) is 0 Å². The van der Waals surface area contributed by atoms with Gasteiger partial charge in [-0.25, -0.2) is 0 Å². The van der Waals surface area contributed by atoms with Gasteiger partial charge in [0.1, 0.15) is 6.54 Å². The lowest BCUT2D eigenvalue weighted by Gasteiger charge is -2.20. The molecule has 0 aliphatic carbocycles. The summed E-state index contributed by atoms with van der Waals surface area (Å²) in [6, 6.07) is 2.83. The van der Waals surface area contributed by atoms with E-state index in [9.17, 15) is 14.4 Å². The molecule has 102 valence electrons. The summed E-state index contributed by atoms with van der Waals surface area (Å²) in [5, 5.41) is 2.69. The average molecular weight is 264 g/mol. The zero-order chi connectivity index (χ0) is 13.8. The Bertz CT molecular complexity index is 552. The molecule has 0 bridgehead atoms. The molecule has 0 atom stereocenters. The third-order valence-electron chi connectivity index (χ3n) is 2.98. The Labute approximate surface area is 110 Å². The minimum atomic E-state index is -0.272. The second kappa shape index (κ2) is 5.55. The van der Waals surface area contributed by atoms with E-state index in [1.807, 2.05) is 0 Å². The van der Waals surface area contributed by atoms with Gasteiger partial charge in [-0.2, -0.15) is 0 Å². The van der Waals surface area contributed by atoms with Crippen LogP contribution in [-0.2, 0) is 16.1 Å². The molecule has 0 aromatic carbocycles. The molecule has 0 saturated carbocycles. The molecule has 1 saturated heterocycles. The number of carbonyl (C=O) groups excluding carboxylic acids is 2. The van der Waals surface area contributed by atoms with E-state index in [2.05, 4.69) is 5.32 Å². The molecule has 3 N–H and O–H groups in total. The van der Waals surface area contributed by atoms with Gasteiger partial charge in [-0.05, 0) is 6.07 Å². The van der Waals surface area contributed by atoms with Crippen molar-refractivity contribution in [1.82, 2.24) is 14.8 Å². The second-order valence-corrected chi connectivity index (χ2v) is 4.41. The van der Waals surface area contributed by atoms with Crippen LogP contribution in [0.4, 0.5) is 5.69 Å². The molecule has 7 nitrogen and oxygen atoms in total. The van der Waals surface area contributed by atoms with Crippen LogP contribution in [0.5, 0.6) is 0 Å². The molecule has 0 unspecified atom stereocenters. The Kier molecular flexibility index (Phi) is 3.84. The van der Waals surface area contributed by atoms with Crippen molar-refractivity contribution in [3.8, 4) is 0 Å². The van der Waals surface area contributed by atoms with E-state index in [1.165, 1.54) is 22.9 Å². The molecule has 0 radical (unpaired) electrons. The van der Waals surface area contributed by atoms with Gasteiger partial charge >= 0.3 is 0 Å². The number of aromatic nitrogens is 1. The highest BCUT2D eigenvalue weighted by molar-refractivity contribution is 5.80. The minimum absolute atomic E-state index is 0.0575. The number of hydrogen-bond acceptors (Lipinski definition) is 4. The highest BCUT2D eigenvalue weighted by atomic mass is 16.2. The second-order valence-electron chi connectivity index (χ2n) is 4.41. The van der Waals surface area contributed by atoms with Crippen LogP contribution in [0.15, 0.2) is 23.1 Å². The summed E-state index contributed by atoms with van der Waals surface area (Å²) in [6.45, 7) is 1.22. The quantitative estimate of drug-likeness (QED) is 0.699. The SMILES string of the molecule is Nc1ccc(=O)n(CC(=O)N2CCNC(=O)CC2)c1. The molecular weight excluding hydrogens is 248 g/mol. The van der Waals surface area contributed by atoms with Crippen LogP contribution >= 0.6 is 0 Å². The smallest absolute Gasteiger partial charge is 0.251 e. The van der Waals surface area contributed by atoms with Gasteiger partial charge in [0.25, 0.3) is 5.56 Å². The number of rotatable bonds is 2. The Morgan fingerprint density at radius 2 is 2.11 bits per heavy atom. The molecule has 19 heavy (non-hydrogen) atoms. The molecule has 2 amide bonds. The van der Waals surface area contributed by atoms with Gasteiger partial charge in [-0.1, -0.05) is 0 Å². The lowest BCUT2D eigenvalue weighted by Crippen LogP contribution is -2.38. The monoisotopic (exact) mass is 264 g/mol. The van der Waals surface area contributed by atoms with Crippen LogP contribution in [0.2, 0.25) is 0 Å². The normalized spacial score (nSPS) is 15.8. The van der Waals surface area contributed by atoms with Crippen LogP contribution in [-0.4, -0.2) is 40.9 Å². The Hall–Kier alpha value is -2.31. The number of nitrogens with two attached hydrogens (primary N) is 1. The van der Waals surface area contributed by atoms with E-state index in [4.69, 9.17) is 5.73 Å². The van der Waals surface area contributed by atoms with Gasteiger partial charge < -0.3 is 20.5 Å². The number of pyridine rings is 1. The Morgan fingerprint density at radius 1 is 1.32 bits per heavy atom. The Morgan fingerprint density at radius 3 is 2.89 bits per heavy atom. The summed E-state index contributed by atoms with van der Waals surface area (Å²) in [7, 11) is 0. The molecule has 1 aromatic heterocycles. The van der Waals surface area contributed by atoms with Crippen LogP contribution in [0.3, 0.4) is 0 Å². The molecule has 0 spiro atoms. The highest BCUT2D eigenvalue weighted by Gasteiger charge is 2.18. The van der Waals surface area contributed by atoms with Crippen molar-refractivity contribution in [2.24, 2.45) is 0 Å². The standard InChI is InChI=1S/C12H16N4O3/c13-9-1-2-11(18)16(7-9)8-12(19)15-5-3-10(17)14-4-6-15/h1-2,7H,3-6,8,13H2,(H,14,17). The van der Waals surface area contributed by atoms with Gasteiger partial charge in [0.2, 0.25) is 11.8 Å². The van der Waals surface area contributed by atoms with E-state index in [1.54, 1.807) is 4.90 Å². The molecule has 1 fully saturated rings. The molecule has 1 aromatic rings. The maximum absolute atomic E-state index is 12.1. The maximum Gasteiger partial charge on any atom is 0.251 e. The van der Waals surface area contributed by atoms with Crippen molar-refractivity contribution >= 4 is 17.5 Å². The first-order valence-electron chi connectivity index (χ1n) is 6.07. The zero-order valence-corrected chi connectivity index (χ0v) is 10.5. The van der Waals surface area contributed by atoms with Crippen LogP contribution < -0.4 is 16.6 Å². The van der Waals surface area contributed by atoms with Crippen molar-refractivity contribution in [2.75, 3.05) is 25.4 Å². The third kappa shape index (κ3) is 3.34. The van der Waals surface area contributed by atoms with Gasteiger partial charge in [-0.15, -0.1) is 0 Å². The highest BCUT2D eigenvalue weighted by Crippen LogP contribution is 2.01.